The number of carboxylic acid groups (broad SMARTS) is 1. The third-order valence-corrected chi connectivity index (χ3v) is 4.72. The minimum absolute atomic E-state index is 0.0520. The van der Waals surface area contributed by atoms with Gasteiger partial charge in [0, 0.05) is 6.04 Å². The van der Waals surface area contributed by atoms with Crippen LogP contribution in [0.5, 0.6) is 0 Å². The lowest BCUT2D eigenvalue weighted by Gasteiger charge is -2.41. The van der Waals surface area contributed by atoms with Crippen molar-refractivity contribution in [2.75, 3.05) is 6.54 Å². The number of fused-ring (bicyclic) bond motifs is 3. The number of benzene rings is 1. The van der Waals surface area contributed by atoms with E-state index in [1.54, 1.807) is 0 Å². The molecule has 2 N–H and O–H groups in total. The highest BCUT2D eigenvalue weighted by molar-refractivity contribution is 5.69. The molecule has 3 nitrogen and oxygen atoms in total. The summed E-state index contributed by atoms with van der Waals surface area (Å²) in [4.78, 5) is 10.8. The number of carboxylic acids is 1. The minimum atomic E-state index is -0.775. The van der Waals surface area contributed by atoms with Crippen molar-refractivity contribution >= 4 is 5.97 Å². The molecule has 3 heteroatoms. The van der Waals surface area contributed by atoms with Crippen molar-refractivity contribution in [2.45, 2.75) is 44.1 Å². The van der Waals surface area contributed by atoms with Gasteiger partial charge in [0.25, 0.3) is 0 Å². The molecular formula is C16H21NO2. The first-order valence-electron chi connectivity index (χ1n) is 7.29. The number of rotatable bonds is 3. The third kappa shape index (κ3) is 2.52. The number of aliphatic carboxylic acids is 1. The summed E-state index contributed by atoms with van der Waals surface area (Å²) < 4.78 is 0. The van der Waals surface area contributed by atoms with Crippen LogP contribution in [0, 0.1) is 5.92 Å². The smallest absolute Gasteiger partial charge is 0.317 e. The van der Waals surface area contributed by atoms with Crippen molar-refractivity contribution in [1.82, 2.24) is 5.32 Å². The molecule has 1 fully saturated rings. The van der Waals surface area contributed by atoms with Crippen LogP contribution in [0.25, 0.3) is 0 Å². The molecule has 1 aromatic carbocycles. The summed E-state index contributed by atoms with van der Waals surface area (Å²) in [6, 6.07) is 8.81. The number of hydrogen-bond acceptors (Lipinski definition) is 2. The van der Waals surface area contributed by atoms with E-state index in [0.717, 1.165) is 12.3 Å². The van der Waals surface area contributed by atoms with E-state index in [1.807, 2.05) is 0 Å². The third-order valence-electron chi connectivity index (χ3n) is 4.72. The Labute approximate surface area is 114 Å². The van der Waals surface area contributed by atoms with Crippen LogP contribution >= 0.6 is 0 Å². The second-order valence-corrected chi connectivity index (χ2v) is 5.84. The predicted octanol–water partition coefficient (Wildman–Crippen LogP) is 3.08. The molecule has 2 aliphatic rings. The van der Waals surface area contributed by atoms with Gasteiger partial charge >= 0.3 is 5.97 Å². The maximum absolute atomic E-state index is 10.8. The summed E-state index contributed by atoms with van der Waals surface area (Å²) in [6.07, 6.45) is 6.35. The lowest BCUT2D eigenvalue weighted by molar-refractivity contribution is -0.136. The molecule has 0 aliphatic heterocycles. The Hall–Kier alpha value is -1.35. The zero-order chi connectivity index (χ0) is 13.2. The predicted molar refractivity (Wildman–Crippen MR) is 74.1 cm³/mol. The van der Waals surface area contributed by atoms with Gasteiger partial charge < -0.3 is 10.4 Å². The van der Waals surface area contributed by atoms with Gasteiger partial charge in [-0.05, 0) is 42.2 Å². The summed E-state index contributed by atoms with van der Waals surface area (Å²) in [5, 5.41) is 12.1. The second kappa shape index (κ2) is 5.33. The molecule has 0 heterocycles. The van der Waals surface area contributed by atoms with Gasteiger partial charge in [0.15, 0.2) is 0 Å². The molecule has 2 aliphatic carbocycles. The first kappa shape index (κ1) is 12.7. The SMILES string of the molecule is O=C(O)CNC1CC2CCCCC2c2ccccc21. The summed E-state index contributed by atoms with van der Waals surface area (Å²) in [6.45, 7) is 0.0520. The molecule has 0 aromatic heterocycles. The molecular weight excluding hydrogens is 238 g/mol. The molecule has 102 valence electrons. The van der Waals surface area contributed by atoms with E-state index < -0.39 is 5.97 Å². The van der Waals surface area contributed by atoms with Gasteiger partial charge in [-0.1, -0.05) is 37.1 Å². The van der Waals surface area contributed by atoms with Crippen LogP contribution in [0.1, 0.15) is 55.2 Å². The number of nitrogens with one attached hydrogen (secondary N) is 1. The molecule has 1 saturated carbocycles. The molecule has 3 rings (SSSR count). The summed E-state index contributed by atoms with van der Waals surface area (Å²) in [5.74, 6) is 0.658. The van der Waals surface area contributed by atoms with E-state index in [4.69, 9.17) is 5.11 Å². The van der Waals surface area contributed by atoms with Crippen LogP contribution in [-0.2, 0) is 4.79 Å². The largest absolute Gasteiger partial charge is 0.480 e. The Balaban J connectivity index is 1.87. The van der Waals surface area contributed by atoms with Crippen LogP contribution < -0.4 is 5.32 Å². The molecule has 0 spiro atoms. The fourth-order valence-corrected chi connectivity index (χ4v) is 3.90. The van der Waals surface area contributed by atoms with Crippen LogP contribution in [0.2, 0.25) is 0 Å². The van der Waals surface area contributed by atoms with Crippen molar-refractivity contribution in [3.63, 3.8) is 0 Å². The van der Waals surface area contributed by atoms with E-state index in [2.05, 4.69) is 29.6 Å². The van der Waals surface area contributed by atoms with Crippen molar-refractivity contribution < 1.29 is 9.90 Å². The van der Waals surface area contributed by atoms with Crippen molar-refractivity contribution in [2.24, 2.45) is 5.92 Å². The average molecular weight is 259 g/mol. The Morgan fingerprint density at radius 3 is 2.74 bits per heavy atom. The highest BCUT2D eigenvalue weighted by atomic mass is 16.4. The molecule has 0 saturated heterocycles. The van der Waals surface area contributed by atoms with Gasteiger partial charge in [-0.15, -0.1) is 0 Å². The normalized spacial score (nSPS) is 29.4. The second-order valence-electron chi connectivity index (χ2n) is 5.84. The van der Waals surface area contributed by atoms with Gasteiger partial charge in [-0.3, -0.25) is 4.79 Å². The molecule has 0 radical (unpaired) electrons. The monoisotopic (exact) mass is 259 g/mol. The van der Waals surface area contributed by atoms with Gasteiger partial charge in [-0.2, -0.15) is 0 Å². The first-order valence-corrected chi connectivity index (χ1v) is 7.29. The molecule has 19 heavy (non-hydrogen) atoms. The average Bonchev–Trinajstić information content (AvgIpc) is 2.44. The van der Waals surface area contributed by atoms with Crippen molar-refractivity contribution in [3.8, 4) is 0 Å². The van der Waals surface area contributed by atoms with Crippen molar-refractivity contribution in [3.05, 3.63) is 35.4 Å². The van der Waals surface area contributed by atoms with Crippen LogP contribution in [0.3, 0.4) is 0 Å². The Kier molecular flexibility index (Phi) is 3.56. The first-order chi connectivity index (χ1) is 9.25. The van der Waals surface area contributed by atoms with E-state index in [9.17, 15) is 4.79 Å². The van der Waals surface area contributed by atoms with E-state index in [-0.39, 0.29) is 12.6 Å². The van der Waals surface area contributed by atoms with Gasteiger partial charge in [-0.25, -0.2) is 0 Å². The molecule has 1 aromatic rings. The lowest BCUT2D eigenvalue weighted by atomic mass is 9.66. The molecule has 0 bridgehead atoms. The Morgan fingerprint density at radius 2 is 1.95 bits per heavy atom. The van der Waals surface area contributed by atoms with E-state index in [1.165, 1.54) is 36.8 Å². The number of carbonyl (C=O) groups is 1. The maximum Gasteiger partial charge on any atom is 0.317 e. The van der Waals surface area contributed by atoms with Gasteiger partial charge in [0.1, 0.15) is 0 Å². The lowest BCUT2D eigenvalue weighted by Crippen LogP contribution is -2.35. The highest BCUT2D eigenvalue weighted by Gasteiger charge is 2.35. The fourth-order valence-electron chi connectivity index (χ4n) is 3.90. The summed E-state index contributed by atoms with van der Waals surface area (Å²) in [7, 11) is 0. The summed E-state index contributed by atoms with van der Waals surface area (Å²) in [5.41, 5.74) is 2.79. The van der Waals surface area contributed by atoms with Crippen molar-refractivity contribution in [1.29, 1.82) is 0 Å². The minimum Gasteiger partial charge on any atom is -0.480 e. The zero-order valence-corrected chi connectivity index (χ0v) is 11.1. The highest BCUT2D eigenvalue weighted by Crippen LogP contribution is 2.48. The van der Waals surface area contributed by atoms with Crippen LogP contribution in [0.4, 0.5) is 0 Å². The fraction of sp³-hybridized carbons (Fsp3) is 0.562. The molecule has 3 atom stereocenters. The molecule has 0 amide bonds. The quantitative estimate of drug-likeness (QED) is 0.877. The standard InChI is InChI=1S/C16H21NO2/c18-16(19)10-17-15-9-11-5-1-2-6-12(11)13-7-3-4-8-14(13)15/h3-4,7-8,11-12,15,17H,1-2,5-6,9-10H2,(H,18,19). The van der Waals surface area contributed by atoms with Crippen LogP contribution in [-0.4, -0.2) is 17.6 Å². The van der Waals surface area contributed by atoms with Crippen LogP contribution in [0.15, 0.2) is 24.3 Å². The molecule has 3 unspecified atom stereocenters. The maximum atomic E-state index is 10.8. The van der Waals surface area contributed by atoms with E-state index in [0.29, 0.717) is 5.92 Å². The number of hydrogen-bond donors (Lipinski definition) is 2. The Bertz CT molecular complexity index is 472. The summed E-state index contributed by atoms with van der Waals surface area (Å²) >= 11 is 0. The zero-order valence-electron chi connectivity index (χ0n) is 11.1. The van der Waals surface area contributed by atoms with Gasteiger partial charge in [0.2, 0.25) is 0 Å². The van der Waals surface area contributed by atoms with E-state index >= 15 is 0 Å². The topological polar surface area (TPSA) is 49.3 Å². The Morgan fingerprint density at radius 1 is 1.21 bits per heavy atom. The van der Waals surface area contributed by atoms with Gasteiger partial charge in [0.05, 0.1) is 6.54 Å².